The van der Waals surface area contributed by atoms with E-state index in [1.165, 1.54) is 23.1 Å². The molecule has 2 N–H and O–H groups in total. The summed E-state index contributed by atoms with van der Waals surface area (Å²) in [5.41, 5.74) is 2.81. The maximum Gasteiger partial charge on any atom is 0.256 e. The van der Waals surface area contributed by atoms with Crippen molar-refractivity contribution in [1.29, 1.82) is 0 Å². The van der Waals surface area contributed by atoms with Gasteiger partial charge in [0.2, 0.25) is 5.91 Å². The van der Waals surface area contributed by atoms with Gasteiger partial charge < -0.3 is 15.4 Å². The zero-order chi connectivity index (χ0) is 24.9. The number of benzene rings is 4. The van der Waals surface area contributed by atoms with Gasteiger partial charge in [-0.05, 0) is 54.1 Å². The van der Waals surface area contributed by atoms with Crippen molar-refractivity contribution >= 4 is 67.3 Å². The van der Waals surface area contributed by atoms with E-state index in [2.05, 4.69) is 15.6 Å². The Hall–Kier alpha value is -3.88. The van der Waals surface area contributed by atoms with Crippen LogP contribution >= 0.6 is 23.1 Å². The number of hydrogen-bond acceptors (Lipinski definition) is 6. The number of fused-ring (bicyclic) bond motifs is 2. The third-order valence-corrected chi connectivity index (χ3v) is 7.61. The molecule has 2 amide bonds. The van der Waals surface area contributed by atoms with Gasteiger partial charge in [-0.3, -0.25) is 9.59 Å². The minimum atomic E-state index is -0.158. The number of aromatic nitrogens is 1. The fraction of sp³-hybridized carbons (Fsp3) is 0.107. The van der Waals surface area contributed by atoms with E-state index < -0.39 is 0 Å². The Balaban J connectivity index is 1.25. The molecule has 0 saturated heterocycles. The highest BCUT2D eigenvalue weighted by Gasteiger charge is 2.13. The van der Waals surface area contributed by atoms with Crippen LogP contribution in [-0.4, -0.2) is 29.2 Å². The summed E-state index contributed by atoms with van der Waals surface area (Å²) in [6.45, 7) is 2.43. The topological polar surface area (TPSA) is 80.3 Å². The van der Waals surface area contributed by atoms with Crippen molar-refractivity contribution in [3.8, 4) is 5.75 Å². The monoisotopic (exact) mass is 513 g/mol. The molecule has 0 aliphatic heterocycles. The van der Waals surface area contributed by atoms with Crippen LogP contribution in [0.15, 0.2) is 89.3 Å². The van der Waals surface area contributed by atoms with E-state index >= 15 is 0 Å². The van der Waals surface area contributed by atoms with Crippen molar-refractivity contribution in [3.63, 3.8) is 0 Å². The molecule has 4 aromatic carbocycles. The summed E-state index contributed by atoms with van der Waals surface area (Å²) in [6.07, 6.45) is 0. The highest BCUT2D eigenvalue weighted by molar-refractivity contribution is 8.01. The average Bonchev–Trinajstić information content (AvgIpc) is 3.31. The summed E-state index contributed by atoms with van der Waals surface area (Å²) >= 11 is 2.87. The number of hydrogen-bond donors (Lipinski definition) is 2. The van der Waals surface area contributed by atoms with Crippen molar-refractivity contribution in [2.45, 2.75) is 11.3 Å². The second-order valence-electron chi connectivity index (χ2n) is 7.91. The maximum absolute atomic E-state index is 13.0. The van der Waals surface area contributed by atoms with E-state index in [0.29, 0.717) is 29.3 Å². The molecule has 8 heteroatoms. The highest BCUT2D eigenvalue weighted by atomic mass is 32.2. The van der Waals surface area contributed by atoms with Gasteiger partial charge in [-0.2, -0.15) is 0 Å². The van der Waals surface area contributed by atoms with E-state index in [0.717, 1.165) is 25.3 Å². The quantitative estimate of drug-likeness (QED) is 0.222. The number of nitrogens with one attached hydrogen (secondary N) is 2. The minimum Gasteiger partial charge on any atom is -0.492 e. The zero-order valence-electron chi connectivity index (χ0n) is 19.5. The van der Waals surface area contributed by atoms with Crippen LogP contribution in [0.2, 0.25) is 0 Å². The number of anilines is 2. The summed E-state index contributed by atoms with van der Waals surface area (Å²) < 4.78 is 7.29. The van der Waals surface area contributed by atoms with Gasteiger partial charge in [0.05, 0.1) is 28.3 Å². The molecule has 0 saturated carbocycles. The Kier molecular flexibility index (Phi) is 7.16. The molecule has 1 heterocycles. The largest absolute Gasteiger partial charge is 0.492 e. The van der Waals surface area contributed by atoms with Gasteiger partial charge in [-0.1, -0.05) is 60.3 Å². The first-order valence-electron chi connectivity index (χ1n) is 11.4. The number of ether oxygens (including phenoxy) is 1. The van der Waals surface area contributed by atoms with E-state index in [9.17, 15) is 9.59 Å². The Morgan fingerprint density at radius 3 is 2.64 bits per heavy atom. The molecule has 5 aromatic rings. The highest BCUT2D eigenvalue weighted by Crippen LogP contribution is 2.32. The van der Waals surface area contributed by atoms with Crippen molar-refractivity contribution in [2.75, 3.05) is 23.0 Å². The first-order valence-corrected chi connectivity index (χ1v) is 13.2. The van der Waals surface area contributed by atoms with Crippen LogP contribution in [0.4, 0.5) is 11.4 Å². The molecule has 0 atom stereocenters. The fourth-order valence-corrected chi connectivity index (χ4v) is 5.74. The predicted octanol–water partition coefficient (Wildman–Crippen LogP) is 6.83. The van der Waals surface area contributed by atoms with Crippen LogP contribution in [0.3, 0.4) is 0 Å². The van der Waals surface area contributed by atoms with E-state index in [-0.39, 0.29) is 17.6 Å². The molecule has 0 fully saturated rings. The summed E-state index contributed by atoms with van der Waals surface area (Å²) in [5, 5.41) is 7.84. The Bertz CT molecular complexity index is 1560. The first-order chi connectivity index (χ1) is 17.6. The lowest BCUT2D eigenvalue weighted by atomic mass is 10.0. The third kappa shape index (κ3) is 5.35. The van der Waals surface area contributed by atoms with Gasteiger partial charge in [0, 0.05) is 11.3 Å². The van der Waals surface area contributed by atoms with E-state index in [1.807, 2.05) is 91.9 Å². The standard InChI is InChI=1S/C28H23N3O3S2/c1-2-34-24-13-6-5-12-22(24)30-26(32)17-35-28-31-23-15-14-19(16-25(23)36-28)29-27(33)21-11-7-9-18-8-3-4-10-20(18)21/h3-16H,2,17H2,1H3,(H,29,33)(H,30,32). The summed E-state index contributed by atoms with van der Waals surface area (Å²) in [7, 11) is 0. The molecular weight excluding hydrogens is 490 g/mol. The molecule has 0 radical (unpaired) electrons. The number of carbonyl (C=O) groups is 2. The van der Waals surface area contributed by atoms with Crippen LogP contribution < -0.4 is 15.4 Å². The number of nitrogens with zero attached hydrogens (tertiary/aromatic N) is 1. The van der Waals surface area contributed by atoms with Gasteiger partial charge in [0.25, 0.3) is 5.91 Å². The number of thiazole rings is 1. The van der Waals surface area contributed by atoms with Gasteiger partial charge in [0.1, 0.15) is 5.75 Å². The number of carbonyl (C=O) groups excluding carboxylic acids is 2. The van der Waals surface area contributed by atoms with Crippen molar-refractivity contribution in [2.24, 2.45) is 0 Å². The lowest BCUT2D eigenvalue weighted by molar-refractivity contribution is -0.113. The smallest absolute Gasteiger partial charge is 0.256 e. The lowest BCUT2D eigenvalue weighted by Crippen LogP contribution is -2.14. The second-order valence-corrected chi connectivity index (χ2v) is 10.2. The zero-order valence-corrected chi connectivity index (χ0v) is 21.1. The minimum absolute atomic E-state index is 0.130. The van der Waals surface area contributed by atoms with Crippen LogP contribution in [0, 0.1) is 0 Å². The van der Waals surface area contributed by atoms with E-state index in [1.54, 1.807) is 0 Å². The van der Waals surface area contributed by atoms with Gasteiger partial charge in [0.15, 0.2) is 4.34 Å². The van der Waals surface area contributed by atoms with Crippen LogP contribution in [0.5, 0.6) is 5.75 Å². The van der Waals surface area contributed by atoms with Crippen LogP contribution in [0.1, 0.15) is 17.3 Å². The molecule has 0 aliphatic rings. The fourth-order valence-electron chi connectivity index (χ4n) is 3.83. The molecule has 180 valence electrons. The predicted molar refractivity (Wildman–Crippen MR) is 148 cm³/mol. The Morgan fingerprint density at radius 1 is 0.944 bits per heavy atom. The average molecular weight is 514 g/mol. The Labute approximate surface area is 216 Å². The number of thioether (sulfide) groups is 1. The molecule has 6 nitrogen and oxygen atoms in total. The van der Waals surface area contributed by atoms with Crippen molar-refractivity contribution < 1.29 is 14.3 Å². The maximum atomic E-state index is 13.0. The molecule has 5 rings (SSSR count). The van der Waals surface area contributed by atoms with Gasteiger partial charge in [-0.15, -0.1) is 11.3 Å². The number of para-hydroxylation sites is 2. The lowest BCUT2D eigenvalue weighted by Gasteiger charge is -2.10. The second kappa shape index (κ2) is 10.8. The summed E-state index contributed by atoms with van der Waals surface area (Å²) in [5.74, 6) is 0.588. The normalized spacial score (nSPS) is 10.9. The summed E-state index contributed by atoms with van der Waals surface area (Å²) in [6, 6.07) is 26.6. The first kappa shape index (κ1) is 23.8. The molecule has 0 bridgehead atoms. The van der Waals surface area contributed by atoms with Gasteiger partial charge in [-0.25, -0.2) is 4.98 Å². The molecule has 0 unspecified atom stereocenters. The third-order valence-electron chi connectivity index (χ3n) is 5.45. The van der Waals surface area contributed by atoms with Crippen molar-refractivity contribution in [1.82, 2.24) is 4.98 Å². The SMILES string of the molecule is CCOc1ccccc1NC(=O)CSc1nc2ccc(NC(=O)c3cccc4ccccc34)cc2s1. The van der Waals surface area contributed by atoms with E-state index in [4.69, 9.17) is 4.74 Å². The summed E-state index contributed by atoms with van der Waals surface area (Å²) in [4.78, 5) is 30.1. The van der Waals surface area contributed by atoms with Crippen molar-refractivity contribution in [3.05, 3.63) is 90.5 Å². The molecule has 0 spiro atoms. The molecule has 1 aromatic heterocycles. The molecule has 36 heavy (non-hydrogen) atoms. The number of rotatable bonds is 8. The molecule has 0 aliphatic carbocycles. The van der Waals surface area contributed by atoms with Crippen LogP contribution in [-0.2, 0) is 4.79 Å². The van der Waals surface area contributed by atoms with Crippen LogP contribution in [0.25, 0.3) is 21.0 Å². The number of amides is 2. The Morgan fingerprint density at radius 2 is 1.75 bits per heavy atom. The molecular formula is C28H23N3O3S2. The van der Waals surface area contributed by atoms with Gasteiger partial charge >= 0.3 is 0 Å².